The maximum absolute atomic E-state index is 9.09. The molecule has 3 rings (SSSR count). The molecule has 0 saturated heterocycles. The molecule has 5 nitrogen and oxygen atoms in total. The van der Waals surface area contributed by atoms with Crippen LogP contribution in [0.4, 0.5) is 0 Å². The molecule has 0 N–H and O–H groups in total. The number of imidazole rings is 1. The third-order valence-electron chi connectivity index (χ3n) is 3.30. The molecular formula is C16H11Cl2N5S. The number of hydrogen-bond acceptors (Lipinski definition) is 5. The van der Waals surface area contributed by atoms with Gasteiger partial charge >= 0.3 is 0 Å². The van der Waals surface area contributed by atoms with Crippen LogP contribution < -0.4 is 0 Å². The van der Waals surface area contributed by atoms with Gasteiger partial charge in [-0.1, -0.05) is 35.0 Å². The number of nitriles is 1. The van der Waals surface area contributed by atoms with Crippen LogP contribution in [0.3, 0.4) is 0 Å². The van der Waals surface area contributed by atoms with E-state index >= 15 is 0 Å². The molecule has 120 valence electrons. The van der Waals surface area contributed by atoms with E-state index in [9.17, 15) is 0 Å². The van der Waals surface area contributed by atoms with E-state index in [-0.39, 0.29) is 6.42 Å². The van der Waals surface area contributed by atoms with Crippen LogP contribution in [0.1, 0.15) is 5.69 Å². The molecule has 0 aliphatic heterocycles. The Hall–Kier alpha value is -2.07. The fourth-order valence-corrected chi connectivity index (χ4v) is 2.89. The maximum atomic E-state index is 9.09. The zero-order valence-electron chi connectivity index (χ0n) is 12.6. The zero-order chi connectivity index (χ0) is 17.1. The van der Waals surface area contributed by atoms with Crippen LogP contribution in [0, 0.1) is 11.3 Å². The minimum absolute atomic E-state index is 0.215. The Morgan fingerprint density at radius 3 is 2.75 bits per heavy atom. The molecule has 2 aromatic heterocycles. The van der Waals surface area contributed by atoms with Crippen molar-refractivity contribution < 1.29 is 0 Å². The Morgan fingerprint density at radius 1 is 1.21 bits per heavy atom. The van der Waals surface area contributed by atoms with Crippen molar-refractivity contribution in [3.8, 4) is 23.3 Å². The maximum Gasteiger partial charge on any atom is 0.189 e. The molecular weight excluding hydrogens is 365 g/mol. The van der Waals surface area contributed by atoms with Gasteiger partial charge in [0.25, 0.3) is 0 Å². The van der Waals surface area contributed by atoms with Gasteiger partial charge in [0, 0.05) is 11.8 Å². The number of thioether (sulfide) groups is 1. The summed E-state index contributed by atoms with van der Waals surface area (Å²) in [5.74, 6) is 1.29. The smallest absolute Gasteiger partial charge is 0.189 e. The number of rotatable bonds is 4. The second kappa shape index (κ2) is 7.22. The highest BCUT2D eigenvalue weighted by molar-refractivity contribution is 7.98. The lowest BCUT2D eigenvalue weighted by atomic mass is 10.2. The zero-order valence-corrected chi connectivity index (χ0v) is 14.9. The SMILES string of the molecule is CSc1nccc(-n2c(CC#N)cnc2-c2ccc(Cl)c(Cl)c2)n1. The third kappa shape index (κ3) is 3.24. The standard InChI is InChI=1S/C16H11Cl2N5S/c1-24-16-20-7-5-14(22-16)23-11(4-6-19)9-21-15(23)10-2-3-12(17)13(18)8-10/h2-3,5,7-9H,4H2,1H3. The van der Waals surface area contributed by atoms with Crippen molar-refractivity contribution in [1.82, 2.24) is 19.5 Å². The van der Waals surface area contributed by atoms with Gasteiger partial charge in [-0.05, 0) is 30.5 Å². The van der Waals surface area contributed by atoms with Crippen LogP contribution in [0.15, 0.2) is 41.8 Å². The lowest BCUT2D eigenvalue weighted by Gasteiger charge is -2.11. The van der Waals surface area contributed by atoms with Crippen LogP contribution >= 0.6 is 35.0 Å². The van der Waals surface area contributed by atoms with E-state index < -0.39 is 0 Å². The summed E-state index contributed by atoms with van der Waals surface area (Å²) in [5.41, 5.74) is 1.53. The fraction of sp³-hybridized carbons (Fsp3) is 0.125. The normalized spacial score (nSPS) is 10.6. The van der Waals surface area contributed by atoms with Gasteiger partial charge in [-0.25, -0.2) is 15.0 Å². The average Bonchev–Trinajstić information content (AvgIpc) is 3.01. The average molecular weight is 376 g/mol. The summed E-state index contributed by atoms with van der Waals surface area (Å²) in [6.07, 6.45) is 5.47. The van der Waals surface area contributed by atoms with Crippen molar-refractivity contribution in [3.05, 3.63) is 52.4 Å². The van der Waals surface area contributed by atoms with Crippen molar-refractivity contribution in [2.45, 2.75) is 11.6 Å². The van der Waals surface area contributed by atoms with Crippen molar-refractivity contribution in [3.63, 3.8) is 0 Å². The molecule has 0 bridgehead atoms. The number of halogens is 2. The van der Waals surface area contributed by atoms with E-state index in [1.807, 2.05) is 16.9 Å². The lowest BCUT2D eigenvalue weighted by molar-refractivity contribution is 0.868. The summed E-state index contributed by atoms with van der Waals surface area (Å²) < 4.78 is 1.84. The second-order valence-corrected chi connectivity index (χ2v) is 6.36. The monoisotopic (exact) mass is 375 g/mol. The first kappa shape index (κ1) is 16.8. The Morgan fingerprint density at radius 2 is 2.04 bits per heavy atom. The summed E-state index contributed by atoms with van der Waals surface area (Å²) in [4.78, 5) is 13.1. The summed E-state index contributed by atoms with van der Waals surface area (Å²) in [6.45, 7) is 0. The first-order chi connectivity index (χ1) is 11.6. The van der Waals surface area contributed by atoms with Gasteiger partial charge in [-0.2, -0.15) is 5.26 Å². The molecule has 0 fully saturated rings. The van der Waals surface area contributed by atoms with Crippen LogP contribution in [-0.4, -0.2) is 25.8 Å². The van der Waals surface area contributed by atoms with Crippen LogP contribution in [0.5, 0.6) is 0 Å². The molecule has 8 heteroatoms. The highest BCUT2D eigenvalue weighted by atomic mass is 35.5. The minimum Gasteiger partial charge on any atom is -0.280 e. The van der Waals surface area contributed by atoms with Gasteiger partial charge in [-0.3, -0.25) is 4.57 Å². The highest BCUT2D eigenvalue weighted by Crippen LogP contribution is 2.30. The Kier molecular flexibility index (Phi) is 5.05. The second-order valence-electron chi connectivity index (χ2n) is 4.77. The van der Waals surface area contributed by atoms with Gasteiger partial charge in [0.05, 0.1) is 34.4 Å². The molecule has 0 atom stereocenters. The van der Waals surface area contributed by atoms with E-state index in [1.165, 1.54) is 11.8 Å². The van der Waals surface area contributed by atoms with Gasteiger partial charge in [0.2, 0.25) is 0 Å². The Labute approximate surface area is 153 Å². The van der Waals surface area contributed by atoms with E-state index in [4.69, 9.17) is 28.5 Å². The van der Waals surface area contributed by atoms with Crippen LogP contribution in [0.25, 0.3) is 17.2 Å². The van der Waals surface area contributed by atoms with Gasteiger partial charge in [-0.15, -0.1) is 0 Å². The van der Waals surface area contributed by atoms with Gasteiger partial charge in [0.15, 0.2) is 5.16 Å². The van der Waals surface area contributed by atoms with E-state index in [1.54, 1.807) is 30.6 Å². The summed E-state index contributed by atoms with van der Waals surface area (Å²) >= 11 is 13.6. The quantitative estimate of drug-likeness (QED) is 0.498. The molecule has 3 aromatic rings. The number of hydrogen-bond donors (Lipinski definition) is 0. The Bertz CT molecular complexity index is 932. The molecule has 0 aliphatic rings. The van der Waals surface area contributed by atoms with Gasteiger partial charge in [0.1, 0.15) is 11.6 Å². The highest BCUT2D eigenvalue weighted by Gasteiger charge is 2.16. The molecule has 0 spiro atoms. The predicted octanol–water partition coefficient (Wildman–Crippen LogP) is 4.42. The Balaban J connectivity index is 2.20. The van der Waals surface area contributed by atoms with E-state index in [0.717, 1.165) is 11.3 Å². The first-order valence-electron chi connectivity index (χ1n) is 6.90. The van der Waals surface area contributed by atoms with Gasteiger partial charge < -0.3 is 0 Å². The third-order valence-corrected chi connectivity index (χ3v) is 4.60. The van der Waals surface area contributed by atoms with Crippen molar-refractivity contribution in [1.29, 1.82) is 5.26 Å². The van der Waals surface area contributed by atoms with Crippen molar-refractivity contribution >= 4 is 35.0 Å². The summed E-state index contributed by atoms with van der Waals surface area (Å²) in [7, 11) is 0. The number of benzene rings is 1. The molecule has 0 unspecified atom stereocenters. The lowest BCUT2D eigenvalue weighted by Crippen LogP contribution is -2.05. The fourth-order valence-electron chi connectivity index (χ4n) is 2.24. The number of aromatic nitrogens is 4. The summed E-state index contributed by atoms with van der Waals surface area (Å²) in [6, 6.07) is 9.23. The molecule has 24 heavy (non-hydrogen) atoms. The molecule has 1 aromatic carbocycles. The minimum atomic E-state index is 0.215. The largest absolute Gasteiger partial charge is 0.280 e. The number of nitrogens with zero attached hydrogens (tertiary/aromatic N) is 5. The molecule has 0 radical (unpaired) electrons. The van der Waals surface area contributed by atoms with Crippen molar-refractivity contribution in [2.75, 3.05) is 6.26 Å². The van der Waals surface area contributed by atoms with Crippen LogP contribution in [-0.2, 0) is 6.42 Å². The topological polar surface area (TPSA) is 67.4 Å². The van der Waals surface area contributed by atoms with E-state index in [2.05, 4.69) is 21.0 Å². The molecule has 2 heterocycles. The summed E-state index contributed by atoms with van der Waals surface area (Å²) in [5, 5.41) is 10.6. The first-order valence-corrected chi connectivity index (χ1v) is 8.88. The molecule has 0 saturated carbocycles. The molecule has 0 aliphatic carbocycles. The predicted molar refractivity (Wildman–Crippen MR) is 95.7 cm³/mol. The van der Waals surface area contributed by atoms with Crippen LogP contribution in [0.2, 0.25) is 10.0 Å². The van der Waals surface area contributed by atoms with Crippen molar-refractivity contribution in [2.24, 2.45) is 0 Å². The molecule has 0 amide bonds. The van der Waals surface area contributed by atoms with E-state index in [0.29, 0.717) is 26.8 Å².